The van der Waals surface area contributed by atoms with Gasteiger partial charge in [0.15, 0.2) is 6.61 Å². The lowest BCUT2D eigenvalue weighted by atomic mass is 10.2. The number of ether oxygens (including phenoxy) is 1. The summed E-state index contributed by atoms with van der Waals surface area (Å²) in [6.45, 7) is 1.95. The maximum Gasteiger partial charge on any atom is 0.257 e. The van der Waals surface area contributed by atoms with Crippen molar-refractivity contribution in [2.75, 3.05) is 50.0 Å². The Morgan fingerprint density at radius 2 is 1.66 bits per heavy atom. The van der Waals surface area contributed by atoms with Crippen LogP contribution in [0.15, 0.2) is 54.6 Å². The molecule has 3 rings (SSSR count). The minimum Gasteiger partial charge on any atom is -0.484 e. The molecule has 9 heteroatoms. The Bertz CT molecular complexity index is 899. The highest BCUT2D eigenvalue weighted by Crippen LogP contribution is 2.20. The topological polar surface area (TPSA) is 78.9 Å². The van der Waals surface area contributed by atoms with Crippen molar-refractivity contribution < 1.29 is 17.9 Å². The number of nitrogens with zero attached hydrogens (tertiary/aromatic N) is 2. The van der Waals surface area contributed by atoms with Gasteiger partial charge in [0, 0.05) is 43.4 Å². The number of hydrogen-bond donors (Lipinski definition) is 1. The maximum atomic E-state index is 12.5. The molecule has 1 amide bonds. The van der Waals surface area contributed by atoms with E-state index >= 15 is 0 Å². The molecule has 2 aromatic carbocycles. The molecule has 2 aromatic rings. The van der Waals surface area contributed by atoms with Gasteiger partial charge in [-0.1, -0.05) is 29.8 Å². The number of hydrogen-bond acceptors (Lipinski definition) is 5. The van der Waals surface area contributed by atoms with Crippen molar-refractivity contribution in [1.29, 1.82) is 0 Å². The normalized spacial score (nSPS) is 15.1. The number of rotatable bonds is 8. The van der Waals surface area contributed by atoms with Crippen LogP contribution in [0, 0.1) is 0 Å². The number of anilines is 1. The number of piperazine rings is 1. The molecule has 1 saturated heterocycles. The van der Waals surface area contributed by atoms with Gasteiger partial charge in [-0.15, -0.1) is 0 Å². The fourth-order valence-corrected chi connectivity index (χ4v) is 4.51. The number of para-hydroxylation sites is 1. The van der Waals surface area contributed by atoms with Crippen LogP contribution in [0.2, 0.25) is 5.02 Å². The number of amides is 1. The molecule has 0 spiro atoms. The average Bonchev–Trinajstić information content (AvgIpc) is 2.73. The van der Waals surface area contributed by atoms with Crippen molar-refractivity contribution in [3.8, 4) is 5.75 Å². The molecule has 0 atom stereocenters. The molecule has 0 radical (unpaired) electrons. The van der Waals surface area contributed by atoms with E-state index in [2.05, 4.69) is 10.2 Å². The van der Waals surface area contributed by atoms with E-state index in [9.17, 15) is 13.2 Å². The zero-order valence-corrected chi connectivity index (χ0v) is 17.5. The van der Waals surface area contributed by atoms with E-state index in [0.717, 1.165) is 5.69 Å². The predicted octanol–water partition coefficient (Wildman–Crippen LogP) is 1.99. The van der Waals surface area contributed by atoms with Gasteiger partial charge in [-0.3, -0.25) is 4.79 Å². The molecule has 0 saturated carbocycles. The Labute approximate surface area is 176 Å². The molecule has 156 valence electrons. The third-order valence-corrected chi connectivity index (χ3v) is 6.74. The van der Waals surface area contributed by atoms with Crippen LogP contribution in [0.3, 0.4) is 0 Å². The van der Waals surface area contributed by atoms with Gasteiger partial charge in [-0.05, 0) is 36.4 Å². The van der Waals surface area contributed by atoms with Crippen molar-refractivity contribution in [3.05, 3.63) is 59.6 Å². The molecule has 1 aliphatic rings. The lowest BCUT2D eigenvalue weighted by Gasteiger charge is -2.35. The van der Waals surface area contributed by atoms with E-state index in [1.165, 1.54) is 4.31 Å². The average molecular weight is 438 g/mol. The third kappa shape index (κ3) is 6.35. The van der Waals surface area contributed by atoms with Crippen molar-refractivity contribution in [1.82, 2.24) is 9.62 Å². The summed E-state index contributed by atoms with van der Waals surface area (Å²) >= 11 is 5.91. The highest BCUT2D eigenvalue weighted by Gasteiger charge is 2.26. The first-order valence-corrected chi connectivity index (χ1v) is 11.4. The van der Waals surface area contributed by atoms with E-state index < -0.39 is 10.0 Å². The van der Waals surface area contributed by atoms with Crippen molar-refractivity contribution >= 4 is 33.2 Å². The Balaban J connectivity index is 1.39. The van der Waals surface area contributed by atoms with Gasteiger partial charge in [0.1, 0.15) is 5.75 Å². The van der Waals surface area contributed by atoms with Gasteiger partial charge in [0.05, 0.1) is 5.75 Å². The van der Waals surface area contributed by atoms with Gasteiger partial charge in [-0.25, -0.2) is 8.42 Å². The Hall–Kier alpha value is -2.29. The van der Waals surface area contributed by atoms with Gasteiger partial charge in [-0.2, -0.15) is 4.31 Å². The number of carbonyl (C=O) groups is 1. The van der Waals surface area contributed by atoms with Crippen molar-refractivity contribution in [2.45, 2.75) is 0 Å². The maximum absolute atomic E-state index is 12.5. The second-order valence-electron chi connectivity index (χ2n) is 6.63. The lowest BCUT2D eigenvalue weighted by Crippen LogP contribution is -2.50. The number of sulfonamides is 1. The molecular formula is C20H24ClN3O4S. The van der Waals surface area contributed by atoms with Crippen LogP contribution in [-0.2, 0) is 14.8 Å². The molecule has 0 bridgehead atoms. The van der Waals surface area contributed by atoms with Crippen LogP contribution in [0.1, 0.15) is 0 Å². The van der Waals surface area contributed by atoms with Crippen LogP contribution in [0.5, 0.6) is 5.75 Å². The first-order chi connectivity index (χ1) is 13.9. The van der Waals surface area contributed by atoms with Gasteiger partial charge in [0.25, 0.3) is 5.91 Å². The molecule has 0 aromatic heterocycles. The first kappa shape index (κ1) is 21.4. The standard InChI is InChI=1S/C20H24ClN3O4S/c21-17-6-8-18(9-7-17)23-11-13-24(14-12-23)29(26,27)15-10-22-20(25)16-28-19-4-2-1-3-5-19/h1-9H,10-16H2,(H,22,25). The second kappa shape index (κ2) is 9.96. The monoisotopic (exact) mass is 437 g/mol. The molecule has 7 nitrogen and oxygen atoms in total. The first-order valence-electron chi connectivity index (χ1n) is 9.37. The zero-order valence-electron chi connectivity index (χ0n) is 16.0. The summed E-state index contributed by atoms with van der Waals surface area (Å²) in [5.74, 6) is 0.107. The Morgan fingerprint density at radius 1 is 1.00 bits per heavy atom. The van der Waals surface area contributed by atoms with E-state index in [1.807, 2.05) is 42.5 Å². The minimum absolute atomic E-state index is 0.0523. The molecular weight excluding hydrogens is 414 g/mol. The van der Waals surface area contributed by atoms with Gasteiger partial charge < -0.3 is 15.0 Å². The lowest BCUT2D eigenvalue weighted by molar-refractivity contribution is -0.122. The van der Waals surface area contributed by atoms with E-state index in [1.54, 1.807) is 12.1 Å². The highest BCUT2D eigenvalue weighted by atomic mass is 35.5. The second-order valence-corrected chi connectivity index (χ2v) is 9.16. The number of carbonyl (C=O) groups excluding carboxylic acids is 1. The predicted molar refractivity (Wildman–Crippen MR) is 114 cm³/mol. The third-order valence-electron chi connectivity index (χ3n) is 4.62. The molecule has 1 N–H and O–H groups in total. The summed E-state index contributed by atoms with van der Waals surface area (Å²) in [5.41, 5.74) is 1.03. The summed E-state index contributed by atoms with van der Waals surface area (Å²) in [6, 6.07) is 16.5. The van der Waals surface area contributed by atoms with Crippen molar-refractivity contribution in [3.63, 3.8) is 0 Å². The Morgan fingerprint density at radius 3 is 2.31 bits per heavy atom. The quantitative estimate of drug-likeness (QED) is 0.683. The summed E-state index contributed by atoms with van der Waals surface area (Å²) in [7, 11) is -3.43. The molecule has 0 aliphatic carbocycles. The van der Waals surface area contributed by atoms with Crippen LogP contribution >= 0.6 is 11.6 Å². The molecule has 0 unspecified atom stereocenters. The fraction of sp³-hybridized carbons (Fsp3) is 0.350. The summed E-state index contributed by atoms with van der Waals surface area (Å²) in [6.07, 6.45) is 0. The van der Waals surface area contributed by atoms with Crippen LogP contribution < -0.4 is 15.0 Å². The molecule has 1 fully saturated rings. The minimum atomic E-state index is -3.43. The van der Waals surface area contributed by atoms with Gasteiger partial charge >= 0.3 is 0 Å². The Kier molecular flexibility index (Phi) is 7.35. The fourth-order valence-electron chi connectivity index (χ4n) is 3.04. The van der Waals surface area contributed by atoms with E-state index in [-0.39, 0.29) is 24.8 Å². The summed E-state index contributed by atoms with van der Waals surface area (Å²) in [4.78, 5) is 14.0. The van der Waals surface area contributed by atoms with Crippen molar-refractivity contribution in [2.24, 2.45) is 0 Å². The zero-order chi connectivity index (χ0) is 20.7. The number of benzene rings is 2. The van der Waals surface area contributed by atoms with Crippen LogP contribution in [0.25, 0.3) is 0 Å². The summed E-state index contributed by atoms with van der Waals surface area (Å²) < 4.78 is 31.9. The largest absolute Gasteiger partial charge is 0.484 e. The number of nitrogens with one attached hydrogen (secondary N) is 1. The highest BCUT2D eigenvalue weighted by molar-refractivity contribution is 7.89. The molecule has 29 heavy (non-hydrogen) atoms. The SMILES string of the molecule is O=C(COc1ccccc1)NCCS(=O)(=O)N1CCN(c2ccc(Cl)cc2)CC1. The van der Waals surface area contributed by atoms with Crippen LogP contribution in [-0.4, -0.2) is 63.7 Å². The smallest absolute Gasteiger partial charge is 0.257 e. The number of halogens is 1. The molecule has 1 heterocycles. The molecule has 1 aliphatic heterocycles. The van der Waals surface area contributed by atoms with E-state index in [4.69, 9.17) is 16.3 Å². The summed E-state index contributed by atoms with van der Waals surface area (Å²) in [5, 5.41) is 3.27. The van der Waals surface area contributed by atoms with E-state index in [0.29, 0.717) is 37.0 Å². The van der Waals surface area contributed by atoms with Gasteiger partial charge in [0.2, 0.25) is 10.0 Å². The van der Waals surface area contributed by atoms with Crippen LogP contribution in [0.4, 0.5) is 5.69 Å².